The summed E-state index contributed by atoms with van der Waals surface area (Å²) >= 11 is 0. The molecule has 0 aromatic carbocycles. The van der Waals surface area contributed by atoms with Gasteiger partial charge in [0.2, 0.25) is 0 Å². The highest BCUT2D eigenvalue weighted by molar-refractivity contribution is 5.94. The Morgan fingerprint density at radius 3 is 2.88 bits per heavy atom. The van der Waals surface area contributed by atoms with Gasteiger partial charge in [-0.2, -0.15) is 5.10 Å². The van der Waals surface area contributed by atoms with Crippen molar-refractivity contribution >= 4 is 22.6 Å². The van der Waals surface area contributed by atoms with Crippen molar-refractivity contribution in [3.8, 4) is 11.1 Å². The van der Waals surface area contributed by atoms with Crippen molar-refractivity contribution in [3.05, 3.63) is 48.7 Å². The molecule has 1 amide bonds. The molecule has 0 radical (unpaired) electrons. The number of hydrogen-bond acceptors (Lipinski definition) is 5. The van der Waals surface area contributed by atoms with Crippen molar-refractivity contribution < 1.29 is 9.53 Å². The number of rotatable bonds is 2. The number of aromatic amines is 1. The van der Waals surface area contributed by atoms with Crippen LogP contribution in [0.5, 0.6) is 0 Å². The fraction of sp³-hybridized carbons (Fsp3) is 0.222. The van der Waals surface area contributed by atoms with Crippen LogP contribution >= 0.6 is 0 Å². The molecule has 26 heavy (non-hydrogen) atoms. The number of carbonyl (C=O) groups excluding carboxylic acids is 1. The predicted octanol–water partition coefficient (Wildman–Crippen LogP) is 1.74. The van der Waals surface area contributed by atoms with Gasteiger partial charge in [-0.1, -0.05) is 0 Å². The van der Waals surface area contributed by atoms with Crippen LogP contribution in [0.4, 0.5) is 0 Å². The third-order valence-electron chi connectivity index (χ3n) is 4.69. The van der Waals surface area contributed by atoms with Gasteiger partial charge in [0.25, 0.3) is 5.91 Å². The largest absolute Gasteiger partial charge is 0.378 e. The summed E-state index contributed by atoms with van der Waals surface area (Å²) in [5.74, 6) is -0.0267. The van der Waals surface area contributed by atoms with E-state index in [1.165, 1.54) is 0 Å². The molecule has 0 aliphatic carbocycles. The Kier molecular flexibility index (Phi) is 3.42. The lowest BCUT2D eigenvalue weighted by Crippen LogP contribution is -2.41. The van der Waals surface area contributed by atoms with E-state index in [0.29, 0.717) is 32.0 Å². The lowest BCUT2D eigenvalue weighted by Gasteiger charge is -2.26. The SMILES string of the molecule is O=C(c1cnc2ccc(-c3ccnc4[nH]ncc34)cn12)N1CCOCC1. The van der Waals surface area contributed by atoms with Gasteiger partial charge in [0.15, 0.2) is 5.65 Å². The van der Waals surface area contributed by atoms with Gasteiger partial charge in [-0.05, 0) is 29.3 Å². The third-order valence-corrected chi connectivity index (χ3v) is 4.69. The van der Waals surface area contributed by atoms with Crippen LogP contribution in [0.15, 0.2) is 43.0 Å². The number of aromatic nitrogens is 5. The highest BCUT2D eigenvalue weighted by atomic mass is 16.5. The number of amides is 1. The Hall–Kier alpha value is -3.26. The number of pyridine rings is 2. The lowest BCUT2D eigenvalue weighted by molar-refractivity contribution is 0.0298. The maximum Gasteiger partial charge on any atom is 0.272 e. The molecule has 1 aliphatic rings. The molecule has 0 atom stereocenters. The first kappa shape index (κ1) is 15.0. The van der Waals surface area contributed by atoms with E-state index in [1.54, 1.807) is 23.5 Å². The smallest absolute Gasteiger partial charge is 0.272 e. The van der Waals surface area contributed by atoms with Crippen molar-refractivity contribution in [3.63, 3.8) is 0 Å². The zero-order valence-electron chi connectivity index (χ0n) is 13.9. The number of ether oxygens (including phenoxy) is 1. The van der Waals surface area contributed by atoms with Gasteiger partial charge < -0.3 is 9.64 Å². The molecule has 8 nitrogen and oxygen atoms in total. The maximum absolute atomic E-state index is 12.9. The second-order valence-electron chi connectivity index (χ2n) is 6.18. The molecule has 0 bridgehead atoms. The number of hydrogen-bond donors (Lipinski definition) is 1. The average Bonchev–Trinajstić information content (AvgIpc) is 3.34. The summed E-state index contributed by atoms with van der Waals surface area (Å²) in [6.07, 6.45) is 7.08. The number of fused-ring (bicyclic) bond motifs is 2. The van der Waals surface area contributed by atoms with E-state index < -0.39 is 0 Å². The van der Waals surface area contributed by atoms with Gasteiger partial charge >= 0.3 is 0 Å². The number of morpholine rings is 1. The summed E-state index contributed by atoms with van der Waals surface area (Å²) in [5.41, 5.74) is 4.01. The van der Waals surface area contributed by atoms with Crippen LogP contribution in [0.25, 0.3) is 27.8 Å². The van der Waals surface area contributed by atoms with Crippen LogP contribution in [-0.2, 0) is 4.74 Å². The summed E-state index contributed by atoms with van der Waals surface area (Å²) in [5, 5.41) is 7.89. The molecule has 0 saturated carbocycles. The lowest BCUT2D eigenvalue weighted by atomic mass is 10.1. The van der Waals surface area contributed by atoms with Gasteiger partial charge in [0.05, 0.1) is 25.6 Å². The first-order valence-corrected chi connectivity index (χ1v) is 8.44. The van der Waals surface area contributed by atoms with Gasteiger partial charge in [-0.25, -0.2) is 9.97 Å². The molecule has 8 heteroatoms. The zero-order chi connectivity index (χ0) is 17.5. The van der Waals surface area contributed by atoms with E-state index in [2.05, 4.69) is 20.2 Å². The molecule has 1 saturated heterocycles. The summed E-state index contributed by atoms with van der Waals surface area (Å²) < 4.78 is 7.18. The van der Waals surface area contributed by atoms with E-state index in [4.69, 9.17) is 4.74 Å². The molecule has 4 aromatic heterocycles. The van der Waals surface area contributed by atoms with Crippen LogP contribution in [0.1, 0.15) is 10.5 Å². The molecule has 1 fully saturated rings. The first-order chi connectivity index (χ1) is 12.8. The van der Waals surface area contributed by atoms with Crippen molar-refractivity contribution in [2.45, 2.75) is 0 Å². The number of H-pyrrole nitrogens is 1. The average molecular weight is 348 g/mol. The second-order valence-corrected chi connectivity index (χ2v) is 6.18. The van der Waals surface area contributed by atoms with E-state index in [9.17, 15) is 4.79 Å². The van der Waals surface area contributed by atoms with Crippen molar-refractivity contribution in [1.82, 2.24) is 29.5 Å². The Morgan fingerprint density at radius 1 is 1.12 bits per heavy atom. The molecule has 5 heterocycles. The van der Waals surface area contributed by atoms with Crippen LogP contribution in [0, 0.1) is 0 Å². The first-order valence-electron chi connectivity index (χ1n) is 8.44. The Labute approximate surface area is 148 Å². The van der Waals surface area contributed by atoms with Crippen LogP contribution < -0.4 is 0 Å². The van der Waals surface area contributed by atoms with Gasteiger partial charge in [0, 0.05) is 30.9 Å². The second kappa shape index (κ2) is 5.92. The highest BCUT2D eigenvalue weighted by Crippen LogP contribution is 2.27. The molecule has 4 aromatic rings. The van der Waals surface area contributed by atoms with Crippen molar-refractivity contribution in [1.29, 1.82) is 0 Å². The summed E-state index contributed by atoms with van der Waals surface area (Å²) in [6.45, 7) is 2.35. The van der Waals surface area contributed by atoms with Crippen molar-refractivity contribution in [2.75, 3.05) is 26.3 Å². The van der Waals surface area contributed by atoms with E-state index in [-0.39, 0.29) is 5.91 Å². The monoisotopic (exact) mass is 348 g/mol. The maximum atomic E-state index is 12.9. The molecule has 5 rings (SSSR count). The minimum atomic E-state index is -0.0267. The zero-order valence-corrected chi connectivity index (χ0v) is 13.9. The quantitative estimate of drug-likeness (QED) is 0.596. The molecule has 0 unspecified atom stereocenters. The normalized spacial score (nSPS) is 15.0. The fourth-order valence-corrected chi connectivity index (χ4v) is 3.33. The minimum Gasteiger partial charge on any atom is -0.378 e. The predicted molar refractivity (Wildman–Crippen MR) is 94.8 cm³/mol. The number of carbonyl (C=O) groups is 1. The van der Waals surface area contributed by atoms with Crippen LogP contribution in [0.2, 0.25) is 0 Å². The topological polar surface area (TPSA) is 88.4 Å². The van der Waals surface area contributed by atoms with E-state index in [1.807, 2.05) is 28.8 Å². The van der Waals surface area contributed by atoms with Gasteiger partial charge in [-0.15, -0.1) is 0 Å². The Morgan fingerprint density at radius 2 is 2.00 bits per heavy atom. The molecular weight excluding hydrogens is 332 g/mol. The molecule has 1 aliphatic heterocycles. The molecule has 130 valence electrons. The number of imidazole rings is 1. The molecular formula is C18H16N6O2. The summed E-state index contributed by atoms with van der Waals surface area (Å²) in [7, 11) is 0. The summed E-state index contributed by atoms with van der Waals surface area (Å²) in [6, 6.07) is 5.85. The highest BCUT2D eigenvalue weighted by Gasteiger charge is 2.22. The Balaban J connectivity index is 1.61. The minimum absolute atomic E-state index is 0.0267. The number of nitrogens with zero attached hydrogens (tertiary/aromatic N) is 5. The summed E-state index contributed by atoms with van der Waals surface area (Å²) in [4.78, 5) is 23.3. The molecule has 1 N–H and O–H groups in total. The fourth-order valence-electron chi connectivity index (χ4n) is 3.33. The standard InChI is InChI=1S/C18H16N6O2/c25-18(23-5-7-26-8-6-23)15-10-20-16-2-1-12(11-24(15)16)13-3-4-19-17-14(13)9-21-22-17/h1-4,9-11H,5-8H2,(H,19,21,22). The third kappa shape index (κ3) is 2.34. The molecule has 0 spiro atoms. The van der Waals surface area contributed by atoms with Gasteiger partial charge in [-0.3, -0.25) is 14.3 Å². The van der Waals surface area contributed by atoms with Crippen LogP contribution in [0.3, 0.4) is 0 Å². The van der Waals surface area contributed by atoms with Crippen LogP contribution in [-0.4, -0.2) is 61.7 Å². The van der Waals surface area contributed by atoms with E-state index in [0.717, 1.165) is 27.8 Å². The van der Waals surface area contributed by atoms with Crippen molar-refractivity contribution in [2.24, 2.45) is 0 Å². The van der Waals surface area contributed by atoms with E-state index >= 15 is 0 Å². The number of nitrogens with one attached hydrogen (secondary N) is 1. The van der Waals surface area contributed by atoms with Gasteiger partial charge in [0.1, 0.15) is 11.3 Å². The Bertz CT molecular complexity index is 1110.